The number of methoxy groups -OCH3 is 1. The standard InChI is InChI=1S/C20H21B2N5O/c1-3-14-6-4-7-17(19(14)28-2)15-10-24-27(11-15)16-12-26(13-16)20(21,22)18-8-5-9-23-25-18/h4-11,16H,3,12-13H2,1-2H3. The SMILES string of the molecule is [B]C([B])(c1cccnn1)N1CC(n2cc(-c3cccc(CC)c3OC)cn2)C1. The number of nitrogens with zero attached hydrogens (tertiary/aromatic N) is 5. The minimum Gasteiger partial charge on any atom is -0.496 e. The van der Waals surface area contributed by atoms with E-state index in [0.717, 1.165) is 23.3 Å². The van der Waals surface area contributed by atoms with Gasteiger partial charge in [0, 0.05) is 36.6 Å². The van der Waals surface area contributed by atoms with Gasteiger partial charge in [0.25, 0.3) is 0 Å². The van der Waals surface area contributed by atoms with Crippen LogP contribution in [0.3, 0.4) is 0 Å². The summed E-state index contributed by atoms with van der Waals surface area (Å²) in [5.74, 6) is 0.908. The van der Waals surface area contributed by atoms with E-state index in [1.165, 1.54) is 5.56 Å². The highest BCUT2D eigenvalue weighted by molar-refractivity contribution is 6.39. The van der Waals surface area contributed by atoms with Gasteiger partial charge in [-0.2, -0.15) is 15.3 Å². The predicted octanol–water partition coefficient (Wildman–Crippen LogP) is 1.92. The van der Waals surface area contributed by atoms with Crippen LogP contribution in [0.15, 0.2) is 48.9 Å². The highest BCUT2D eigenvalue weighted by atomic mass is 16.5. The molecular weight excluding hydrogens is 348 g/mol. The summed E-state index contributed by atoms with van der Waals surface area (Å²) in [5, 5.41) is 11.3. The first-order valence-electron chi connectivity index (χ1n) is 9.36. The minimum absolute atomic E-state index is 0.206. The first-order valence-corrected chi connectivity index (χ1v) is 9.36. The summed E-state index contributed by atoms with van der Waals surface area (Å²) >= 11 is 0. The maximum absolute atomic E-state index is 6.30. The molecule has 0 saturated carbocycles. The third-order valence-electron chi connectivity index (χ3n) is 5.34. The van der Waals surface area contributed by atoms with Crippen LogP contribution in [0.1, 0.15) is 24.2 Å². The summed E-state index contributed by atoms with van der Waals surface area (Å²) in [6, 6.07) is 9.98. The second-order valence-corrected chi connectivity index (χ2v) is 7.05. The molecule has 0 unspecified atom stereocenters. The molecule has 4 rings (SSSR count). The molecule has 4 radical (unpaired) electrons. The summed E-state index contributed by atoms with van der Waals surface area (Å²) < 4.78 is 7.62. The molecule has 0 N–H and O–H groups in total. The molecule has 0 bridgehead atoms. The topological polar surface area (TPSA) is 56.1 Å². The average Bonchev–Trinajstić information content (AvgIpc) is 3.16. The number of hydrogen-bond acceptors (Lipinski definition) is 5. The van der Waals surface area contributed by atoms with E-state index >= 15 is 0 Å². The van der Waals surface area contributed by atoms with Gasteiger partial charge >= 0.3 is 0 Å². The minimum atomic E-state index is -1.14. The maximum Gasteiger partial charge on any atom is 0.129 e. The molecule has 1 aliphatic rings. The molecule has 1 aliphatic heterocycles. The molecule has 3 heterocycles. The molecular formula is C20H21B2N5O. The van der Waals surface area contributed by atoms with Crippen LogP contribution < -0.4 is 4.74 Å². The molecule has 0 spiro atoms. The first kappa shape index (κ1) is 18.7. The van der Waals surface area contributed by atoms with Crippen molar-refractivity contribution in [3.63, 3.8) is 0 Å². The second-order valence-electron chi connectivity index (χ2n) is 7.05. The van der Waals surface area contributed by atoms with Gasteiger partial charge in [0.2, 0.25) is 0 Å². The van der Waals surface area contributed by atoms with Crippen LogP contribution in [0.5, 0.6) is 5.75 Å². The second kappa shape index (κ2) is 7.43. The molecule has 3 aromatic rings. The van der Waals surface area contributed by atoms with E-state index in [0.29, 0.717) is 18.8 Å². The van der Waals surface area contributed by atoms with Crippen LogP contribution in [0.4, 0.5) is 0 Å². The zero-order valence-corrected chi connectivity index (χ0v) is 16.1. The van der Waals surface area contributed by atoms with Crippen molar-refractivity contribution in [2.45, 2.75) is 24.7 Å². The lowest BCUT2D eigenvalue weighted by Crippen LogP contribution is -2.59. The van der Waals surface area contributed by atoms with E-state index in [1.807, 2.05) is 15.8 Å². The number of likely N-dealkylation sites (tertiary alicyclic amines) is 1. The maximum atomic E-state index is 6.30. The predicted molar refractivity (Wildman–Crippen MR) is 109 cm³/mol. The van der Waals surface area contributed by atoms with Crippen LogP contribution in [0.25, 0.3) is 11.1 Å². The van der Waals surface area contributed by atoms with E-state index in [4.69, 9.17) is 20.4 Å². The number of ether oxygens (including phenoxy) is 1. The van der Waals surface area contributed by atoms with E-state index < -0.39 is 5.34 Å². The van der Waals surface area contributed by atoms with Gasteiger partial charge in [-0.15, -0.1) is 0 Å². The van der Waals surface area contributed by atoms with Gasteiger partial charge in [-0.25, -0.2) is 0 Å². The van der Waals surface area contributed by atoms with E-state index in [9.17, 15) is 0 Å². The highest BCUT2D eigenvalue weighted by Gasteiger charge is 2.39. The van der Waals surface area contributed by atoms with Crippen molar-refractivity contribution in [3.8, 4) is 16.9 Å². The Kier molecular flexibility index (Phi) is 4.98. The molecule has 6 nitrogen and oxygen atoms in total. The van der Waals surface area contributed by atoms with E-state index in [2.05, 4.69) is 46.6 Å². The van der Waals surface area contributed by atoms with Crippen molar-refractivity contribution >= 4 is 15.7 Å². The third kappa shape index (κ3) is 3.22. The monoisotopic (exact) mass is 369 g/mol. The highest BCUT2D eigenvalue weighted by Crippen LogP contribution is 2.35. The average molecular weight is 369 g/mol. The van der Waals surface area contributed by atoms with Gasteiger partial charge in [0.1, 0.15) is 5.75 Å². The quantitative estimate of drug-likeness (QED) is 0.622. The molecule has 138 valence electrons. The van der Waals surface area contributed by atoms with E-state index in [1.54, 1.807) is 25.4 Å². The van der Waals surface area contributed by atoms with Crippen molar-refractivity contribution in [1.29, 1.82) is 0 Å². The lowest BCUT2D eigenvalue weighted by atomic mass is 9.57. The Hall–Kier alpha value is -2.60. The van der Waals surface area contributed by atoms with Crippen molar-refractivity contribution < 1.29 is 4.74 Å². The summed E-state index contributed by atoms with van der Waals surface area (Å²) in [6.45, 7) is 3.50. The van der Waals surface area contributed by atoms with Crippen LogP contribution >= 0.6 is 0 Å². The summed E-state index contributed by atoms with van der Waals surface area (Å²) in [4.78, 5) is 1.97. The smallest absolute Gasteiger partial charge is 0.129 e. The fourth-order valence-electron chi connectivity index (χ4n) is 3.61. The van der Waals surface area contributed by atoms with Gasteiger partial charge in [-0.05, 0) is 29.5 Å². The van der Waals surface area contributed by atoms with Crippen LogP contribution in [-0.4, -0.2) is 60.8 Å². The Morgan fingerprint density at radius 2 is 2.04 bits per heavy atom. The number of aromatic nitrogens is 4. The van der Waals surface area contributed by atoms with Crippen molar-refractivity contribution in [3.05, 3.63) is 60.2 Å². The Morgan fingerprint density at radius 3 is 2.71 bits per heavy atom. The molecule has 0 aliphatic carbocycles. The normalized spacial score (nSPS) is 15.4. The Balaban J connectivity index is 1.50. The van der Waals surface area contributed by atoms with Gasteiger partial charge in [-0.3, -0.25) is 4.68 Å². The fraction of sp³-hybridized carbons (Fsp3) is 0.350. The zero-order valence-electron chi connectivity index (χ0n) is 16.1. The molecule has 1 fully saturated rings. The van der Waals surface area contributed by atoms with Gasteiger partial charge in [0.15, 0.2) is 0 Å². The van der Waals surface area contributed by atoms with Gasteiger partial charge < -0.3 is 9.64 Å². The van der Waals surface area contributed by atoms with Crippen LogP contribution in [0, 0.1) is 0 Å². The van der Waals surface area contributed by atoms with Crippen molar-refractivity contribution in [2.24, 2.45) is 0 Å². The number of benzene rings is 1. The molecule has 2 aromatic heterocycles. The summed E-state index contributed by atoms with van der Waals surface area (Å²) in [7, 11) is 14.3. The number of rotatable bonds is 6. The summed E-state index contributed by atoms with van der Waals surface area (Å²) in [6.07, 6.45) is 6.45. The number of aryl methyl sites for hydroxylation is 1. The lowest BCUT2D eigenvalue weighted by Gasteiger charge is -2.49. The van der Waals surface area contributed by atoms with Gasteiger partial charge in [-0.1, -0.05) is 25.1 Å². The molecule has 28 heavy (non-hydrogen) atoms. The summed E-state index contributed by atoms with van der Waals surface area (Å²) in [5.41, 5.74) is 3.82. The molecule has 0 amide bonds. The van der Waals surface area contributed by atoms with Gasteiger partial charge in [0.05, 0.1) is 40.7 Å². The van der Waals surface area contributed by atoms with Crippen molar-refractivity contribution in [1.82, 2.24) is 24.9 Å². The third-order valence-corrected chi connectivity index (χ3v) is 5.34. The Bertz CT molecular complexity index is 954. The van der Waals surface area contributed by atoms with E-state index in [-0.39, 0.29) is 6.04 Å². The molecule has 0 atom stereocenters. The molecule has 1 saturated heterocycles. The Morgan fingerprint density at radius 1 is 1.21 bits per heavy atom. The first-order chi connectivity index (χ1) is 13.5. The fourth-order valence-corrected chi connectivity index (χ4v) is 3.61. The Labute approximate surface area is 167 Å². The van der Waals surface area contributed by atoms with Crippen molar-refractivity contribution in [2.75, 3.05) is 20.2 Å². The zero-order chi connectivity index (χ0) is 19.7. The van der Waals surface area contributed by atoms with Crippen LogP contribution in [-0.2, 0) is 11.8 Å². The molecule has 8 heteroatoms. The lowest BCUT2D eigenvalue weighted by molar-refractivity contribution is 0.0635. The number of para-hydroxylation sites is 1. The van der Waals surface area contributed by atoms with Crippen LogP contribution in [0.2, 0.25) is 0 Å². The molecule has 1 aromatic carbocycles. The largest absolute Gasteiger partial charge is 0.496 e. The number of hydrogen-bond donors (Lipinski definition) is 0.